The molecule has 1 N–H and O–H groups in total. The zero-order valence-electron chi connectivity index (χ0n) is 16.1. The van der Waals surface area contributed by atoms with Crippen molar-refractivity contribution in [2.75, 3.05) is 20.3 Å². The Hall–Kier alpha value is -3.75. The first-order valence-corrected chi connectivity index (χ1v) is 9.02. The fraction of sp³-hybridized carbons (Fsp3) is 0.190. The van der Waals surface area contributed by atoms with Gasteiger partial charge < -0.3 is 14.8 Å². The molecule has 30 heavy (non-hydrogen) atoms. The minimum Gasteiger partial charge on any atom is -0.497 e. The first kappa shape index (κ1) is 21.0. The number of benzene rings is 2. The highest BCUT2D eigenvalue weighted by atomic mass is 19.1. The molecule has 3 aromatic rings. The van der Waals surface area contributed by atoms with Crippen molar-refractivity contribution in [2.45, 2.75) is 6.54 Å². The van der Waals surface area contributed by atoms with E-state index < -0.39 is 24.1 Å². The van der Waals surface area contributed by atoms with Crippen LogP contribution in [0.25, 0.3) is 11.3 Å². The molecule has 0 aliphatic rings. The summed E-state index contributed by atoms with van der Waals surface area (Å²) in [6.07, 6.45) is 1.40. The summed E-state index contributed by atoms with van der Waals surface area (Å²) in [4.78, 5) is 28.4. The number of aromatic nitrogens is 2. The van der Waals surface area contributed by atoms with Crippen LogP contribution in [0.5, 0.6) is 11.5 Å². The third kappa shape index (κ3) is 5.40. The number of carbonyl (C=O) groups excluding carboxylic acids is 1. The topological polar surface area (TPSA) is 82.5 Å². The third-order valence-corrected chi connectivity index (χ3v) is 4.19. The van der Waals surface area contributed by atoms with Crippen molar-refractivity contribution >= 4 is 5.91 Å². The van der Waals surface area contributed by atoms with Gasteiger partial charge >= 0.3 is 0 Å². The minimum absolute atomic E-state index is 0.150. The number of ether oxygens (including phenoxy) is 2. The van der Waals surface area contributed by atoms with E-state index in [1.165, 1.54) is 17.0 Å². The first-order valence-electron chi connectivity index (χ1n) is 9.02. The Morgan fingerprint density at radius 3 is 2.57 bits per heavy atom. The average molecular weight is 415 g/mol. The Morgan fingerprint density at radius 1 is 1.13 bits per heavy atom. The van der Waals surface area contributed by atoms with Crippen LogP contribution < -0.4 is 20.3 Å². The van der Waals surface area contributed by atoms with Gasteiger partial charge in [0.25, 0.3) is 11.5 Å². The summed E-state index contributed by atoms with van der Waals surface area (Å²) < 4.78 is 37.8. The van der Waals surface area contributed by atoms with Crippen molar-refractivity contribution in [2.24, 2.45) is 0 Å². The Balaban J connectivity index is 1.50. The van der Waals surface area contributed by atoms with E-state index in [9.17, 15) is 18.4 Å². The van der Waals surface area contributed by atoms with Gasteiger partial charge in [-0.1, -0.05) is 0 Å². The normalized spacial score (nSPS) is 10.5. The summed E-state index contributed by atoms with van der Waals surface area (Å²) >= 11 is 0. The zero-order chi connectivity index (χ0) is 21.5. The molecule has 9 heteroatoms. The minimum atomic E-state index is -0.891. The summed E-state index contributed by atoms with van der Waals surface area (Å²) in [5, 5.41) is 2.56. The fourth-order valence-corrected chi connectivity index (χ4v) is 2.62. The molecule has 0 saturated heterocycles. The number of nitrogens with one attached hydrogen (secondary N) is 1. The lowest BCUT2D eigenvalue weighted by Crippen LogP contribution is -2.33. The van der Waals surface area contributed by atoms with E-state index in [-0.39, 0.29) is 24.4 Å². The van der Waals surface area contributed by atoms with Crippen LogP contribution in [0.3, 0.4) is 0 Å². The summed E-state index contributed by atoms with van der Waals surface area (Å²) in [6, 6.07) is 11.4. The van der Waals surface area contributed by atoms with Crippen molar-refractivity contribution in [1.82, 2.24) is 14.9 Å². The molecular weight excluding hydrogens is 396 g/mol. The predicted molar refractivity (Wildman–Crippen MR) is 105 cm³/mol. The highest BCUT2D eigenvalue weighted by Gasteiger charge is 2.08. The Morgan fingerprint density at radius 2 is 1.90 bits per heavy atom. The van der Waals surface area contributed by atoms with Gasteiger partial charge in [-0.05, 0) is 36.4 Å². The third-order valence-electron chi connectivity index (χ3n) is 4.19. The number of hydrogen-bond donors (Lipinski definition) is 1. The molecule has 0 atom stereocenters. The van der Waals surface area contributed by atoms with Gasteiger partial charge in [0.2, 0.25) is 0 Å². The van der Waals surface area contributed by atoms with Crippen LogP contribution in [-0.2, 0) is 11.3 Å². The number of amides is 1. The molecule has 0 radical (unpaired) electrons. The van der Waals surface area contributed by atoms with Crippen LogP contribution in [0.2, 0.25) is 0 Å². The number of halogens is 2. The Kier molecular flexibility index (Phi) is 6.74. The second-order valence-corrected chi connectivity index (χ2v) is 6.25. The van der Waals surface area contributed by atoms with Crippen molar-refractivity contribution in [3.05, 3.63) is 76.8 Å². The van der Waals surface area contributed by atoms with Crippen molar-refractivity contribution in [1.29, 1.82) is 0 Å². The van der Waals surface area contributed by atoms with Gasteiger partial charge in [-0.3, -0.25) is 14.2 Å². The SMILES string of the molecule is COc1ccc(-c2cc(=O)n(CCNC(=O)COc3ccc(F)cc3F)cn2)cc1. The van der Waals surface area contributed by atoms with E-state index in [1.54, 1.807) is 31.4 Å². The molecule has 7 nitrogen and oxygen atoms in total. The monoisotopic (exact) mass is 415 g/mol. The van der Waals surface area contributed by atoms with E-state index in [0.29, 0.717) is 17.5 Å². The molecule has 0 aliphatic carbocycles. The first-order chi connectivity index (χ1) is 14.5. The van der Waals surface area contributed by atoms with Crippen LogP contribution in [0, 0.1) is 11.6 Å². The van der Waals surface area contributed by atoms with E-state index in [4.69, 9.17) is 9.47 Å². The summed E-state index contributed by atoms with van der Waals surface area (Å²) in [5.41, 5.74) is 1.03. The van der Waals surface area contributed by atoms with Crippen molar-refractivity contribution in [3.63, 3.8) is 0 Å². The summed E-state index contributed by atoms with van der Waals surface area (Å²) in [6.45, 7) is -0.0882. The molecule has 0 fully saturated rings. The molecule has 0 aliphatic heterocycles. The van der Waals surface area contributed by atoms with Gasteiger partial charge in [0.1, 0.15) is 11.6 Å². The van der Waals surface area contributed by atoms with Crippen LogP contribution >= 0.6 is 0 Å². The van der Waals surface area contributed by atoms with E-state index in [2.05, 4.69) is 10.3 Å². The molecule has 1 heterocycles. The molecule has 3 rings (SSSR count). The highest BCUT2D eigenvalue weighted by Crippen LogP contribution is 2.19. The predicted octanol–water partition coefficient (Wildman–Crippen LogP) is 2.39. The van der Waals surface area contributed by atoms with E-state index in [1.807, 2.05) is 0 Å². The Bertz CT molecular complexity index is 1080. The molecule has 0 unspecified atom stereocenters. The molecule has 2 aromatic carbocycles. The number of nitrogens with zero attached hydrogens (tertiary/aromatic N) is 2. The molecule has 0 saturated carbocycles. The van der Waals surface area contributed by atoms with Gasteiger partial charge in [-0.2, -0.15) is 0 Å². The van der Waals surface area contributed by atoms with E-state index >= 15 is 0 Å². The van der Waals surface area contributed by atoms with Crippen LogP contribution in [0.1, 0.15) is 0 Å². The largest absolute Gasteiger partial charge is 0.497 e. The second-order valence-electron chi connectivity index (χ2n) is 6.25. The van der Waals surface area contributed by atoms with Gasteiger partial charge in [0.05, 0.1) is 19.1 Å². The van der Waals surface area contributed by atoms with Crippen LogP contribution in [0.4, 0.5) is 8.78 Å². The number of methoxy groups -OCH3 is 1. The van der Waals surface area contributed by atoms with Gasteiger partial charge in [0, 0.05) is 30.8 Å². The average Bonchev–Trinajstić information content (AvgIpc) is 2.74. The second kappa shape index (κ2) is 9.64. The maximum Gasteiger partial charge on any atom is 0.258 e. The quantitative estimate of drug-likeness (QED) is 0.611. The number of carbonyl (C=O) groups is 1. The fourth-order valence-electron chi connectivity index (χ4n) is 2.62. The molecule has 1 amide bonds. The standard InChI is InChI=1S/C21H19F2N3O4/c1-29-16-5-2-14(3-6-16)18-11-21(28)26(13-25-18)9-8-24-20(27)12-30-19-7-4-15(22)10-17(19)23/h2-7,10-11,13H,8-9,12H2,1H3,(H,24,27). The van der Waals surface area contributed by atoms with Gasteiger partial charge in [-0.15, -0.1) is 0 Å². The summed E-state index contributed by atoms with van der Waals surface area (Å²) in [5.74, 6) is -1.65. The lowest BCUT2D eigenvalue weighted by molar-refractivity contribution is -0.123. The van der Waals surface area contributed by atoms with Gasteiger partial charge in [0.15, 0.2) is 18.2 Å². The molecule has 0 bridgehead atoms. The number of rotatable bonds is 8. The van der Waals surface area contributed by atoms with Gasteiger partial charge in [-0.25, -0.2) is 13.8 Å². The van der Waals surface area contributed by atoms with Crippen molar-refractivity contribution < 1.29 is 23.0 Å². The van der Waals surface area contributed by atoms with Crippen LogP contribution in [-0.4, -0.2) is 35.7 Å². The van der Waals surface area contributed by atoms with Crippen molar-refractivity contribution in [3.8, 4) is 22.8 Å². The van der Waals surface area contributed by atoms with E-state index in [0.717, 1.165) is 17.7 Å². The molecular formula is C21H19F2N3O4. The number of hydrogen-bond acceptors (Lipinski definition) is 5. The lowest BCUT2D eigenvalue weighted by Gasteiger charge is -2.10. The zero-order valence-corrected chi connectivity index (χ0v) is 16.1. The highest BCUT2D eigenvalue weighted by molar-refractivity contribution is 5.77. The lowest BCUT2D eigenvalue weighted by atomic mass is 10.1. The molecule has 1 aromatic heterocycles. The van der Waals surface area contributed by atoms with Crippen LogP contribution in [0.15, 0.2) is 59.7 Å². The summed E-state index contributed by atoms with van der Waals surface area (Å²) in [7, 11) is 1.57. The molecule has 156 valence electrons. The maximum atomic E-state index is 13.5. The molecule has 0 spiro atoms. The smallest absolute Gasteiger partial charge is 0.258 e. The maximum absolute atomic E-state index is 13.5. The Labute approximate surface area is 170 Å².